The molecule has 1 aromatic heterocycles. The smallest absolute Gasteiger partial charge is 0.227 e. The lowest BCUT2D eigenvalue weighted by Gasteiger charge is -2.18. The first-order valence-electron chi connectivity index (χ1n) is 11.9. The van der Waals surface area contributed by atoms with E-state index in [1.807, 2.05) is 35.2 Å². The maximum Gasteiger partial charge on any atom is 0.227 e. The molecule has 4 aromatic rings. The van der Waals surface area contributed by atoms with Crippen molar-refractivity contribution in [2.75, 3.05) is 18.1 Å². The minimum absolute atomic E-state index is 0.0446. The van der Waals surface area contributed by atoms with E-state index in [9.17, 15) is 4.79 Å². The molecule has 1 saturated heterocycles. The van der Waals surface area contributed by atoms with E-state index in [1.165, 1.54) is 22.3 Å². The SMILES string of the molecule is Cc1ccc(OCCn2c(C3CC(=O)N(c4ccc(C)c(C)c4)C3)nc3ccccc32)cc1C. The van der Waals surface area contributed by atoms with Crippen molar-refractivity contribution in [2.24, 2.45) is 0 Å². The maximum absolute atomic E-state index is 13.0. The van der Waals surface area contributed by atoms with Crippen molar-refractivity contribution < 1.29 is 9.53 Å². The molecule has 0 aliphatic carbocycles. The summed E-state index contributed by atoms with van der Waals surface area (Å²) < 4.78 is 8.33. The van der Waals surface area contributed by atoms with Crippen LogP contribution in [0.25, 0.3) is 11.0 Å². The molecule has 0 bridgehead atoms. The summed E-state index contributed by atoms with van der Waals surface area (Å²) in [5.74, 6) is 2.04. The lowest BCUT2D eigenvalue weighted by Crippen LogP contribution is -2.24. The van der Waals surface area contributed by atoms with E-state index in [0.29, 0.717) is 26.1 Å². The Kier molecular flexibility index (Phi) is 5.86. The summed E-state index contributed by atoms with van der Waals surface area (Å²) in [5, 5.41) is 0. The van der Waals surface area contributed by atoms with Crippen molar-refractivity contribution in [1.82, 2.24) is 9.55 Å². The molecule has 5 nitrogen and oxygen atoms in total. The molecule has 0 radical (unpaired) electrons. The number of hydrogen-bond donors (Lipinski definition) is 0. The van der Waals surface area contributed by atoms with Crippen molar-refractivity contribution >= 4 is 22.6 Å². The number of nitrogens with zero attached hydrogens (tertiary/aromatic N) is 3. The van der Waals surface area contributed by atoms with Gasteiger partial charge in [0.05, 0.1) is 17.6 Å². The van der Waals surface area contributed by atoms with Crippen LogP contribution in [0.4, 0.5) is 5.69 Å². The molecule has 1 aliphatic heterocycles. The summed E-state index contributed by atoms with van der Waals surface area (Å²) in [4.78, 5) is 19.9. The molecule has 1 amide bonds. The van der Waals surface area contributed by atoms with Crippen LogP contribution in [0.1, 0.15) is 40.4 Å². The summed E-state index contributed by atoms with van der Waals surface area (Å²) >= 11 is 0. The zero-order valence-electron chi connectivity index (χ0n) is 20.3. The average molecular weight is 454 g/mol. The van der Waals surface area contributed by atoms with Gasteiger partial charge in [-0.3, -0.25) is 4.79 Å². The van der Waals surface area contributed by atoms with Gasteiger partial charge in [0.1, 0.15) is 18.2 Å². The van der Waals surface area contributed by atoms with Gasteiger partial charge in [-0.15, -0.1) is 0 Å². The molecule has 2 heterocycles. The number of aromatic nitrogens is 2. The van der Waals surface area contributed by atoms with Crippen molar-refractivity contribution in [3.05, 3.63) is 88.7 Å². The van der Waals surface area contributed by atoms with Gasteiger partial charge in [0, 0.05) is 24.6 Å². The largest absolute Gasteiger partial charge is 0.492 e. The van der Waals surface area contributed by atoms with Crippen molar-refractivity contribution in [2.45, 2.75) is 46.6 Å². The molecule has 3 aromatic carbocycles. The topological polar surface area (TPSA) is 47.4 Å². The summed E-state index contributed by atoms with van der Waals surface area (Å²) in [5.41, 5.74) is 7.92. The summed E-state index contributed by atoms with van der Waals surface area (Å²) in [6.45, 7) is 10.2. The second kappa shape index (κ2) is 8.98. The van der Waals surface area contributed by atoms with Gasteiger partial charge in [-0.25, -0.2) is 4.98 Å². The number of anilines is 1. The normalized spacial score (nSPS) is 15.9. The van der Waals surface area contributed by atoms with E-state index in [2.05, 4.69) is 62.6 Å². The van der Waals surface area contributed by atoms with Gasteiger partial charge in [-0.2, -0.15) is 0 Å². The van der Waals surface area contributed by atoms with Crippen molar-refractivity contribution in [1.29, 1.82) is 0 Å². The van der Waals surface area contributed by atoms with Crippen LogP contribution in [-0.4, -0.2) is 28.6 Å². The molecule has 34 heavy (non-hydrogen) atoms. The molecule has 1 atom stereocenters. The monoisotopic (exact) mass is 453 g/mol. The molecule has 5 rings (SSSR count). The standard InChI is InChI=1S/C29H31N3O2/c1-19-9-11-24(15-21(19)3)32-18-23(17-28(32)33)29-30-26-7-5-6-8-27(26)31(29)13-14-34-25-12-10-20(2)22(4)16-25/h5-12,15-16,23H,13-14,17-18H2,1-4H3. The molecule has 174 valence electrons. The molecule has 1 unspecified atom stereocenters. The van der Waals surface area contributed by atoms with Crippen LogP contribution in [0, 0.1) is 27.7 Å². The summed E-state index contributed by atoms with van der Waals surface area (Å²) in [6, 6.07) is 20.6. The number of carbonyl (C=O) groups is 1. The fourth-order valence-electron chi connectivity index (χ4n) is 4.72. The highest BCUT2D eigenvalue weighted by Gasteiger charge is 2.35. The third kappa shape index (κ3) is 4.18. The van der Waals surface area contributed by atoms with Crippen molar-refractivity contribution in [3.63, 3.8) is 0 Å². The fourth-order valence-corrected chi connectivity index (χ4v) is 4.72. The Balaban J connectivity index is 1.40. The van der Waals surface area contributed by atoms with Gasteiger partial charge in [-0.05, 0) is 86.3 Å². The van der Waals surface area contributed by atoms with E-state index in [4.69, 9.17) is 9.72 Å². The van der Waals surface area contributed by atoms with Crippen LogP contribution in [0.5, 0.6) is 5.75 Å². The highest BCUT2D eigenvalue weighted by atomic mass is 16.5. The number of hydrogen-bond acceptors (Lipinski definition) is 3. The zero-order valence-corrected chi connectivity index (χ0v) is 20.3. The second-order valence-corrected chi connectivity index (χ2v) is 9.38. The molecule has 1 aliphatic rings. The third-order valence-corrected chi connectivity index (χ3v) is 7.04. The lowest BCUT2D eigenvalue weighted by atomic mass is 10.1. The van der Waals surface area contributed by atoms with E-state index in [1.54, 1.807) is 0 Å². The summed E-state index contributed by atoms with van der Waals surface area (Å²) in [6.07, 6.45) is 0.467. The average Bonchev–Trinajstić information content (AvgIpc) is 3.39. The van der Waals surface area contributed by atoms with Gasteiger partial charge < -0.3 is 14.2 Å². The zero-order chi connectivity index (χ0) is 23.8. The van der Waals surface area contributed by atoms with E-state index in [-0.39, 0.29) is 11.8 Å². The maximum atomic E-state index is 13.0. The quantitative estimate of drug-likeness (QED) is 0.367. The van der Waals surface area contributed by atoms with Gasteiger partial charge in [0.25, 0.3) is 0 Å². The van der Waals surface area contributed by atoms with Crippen LogP contribution >= 0.6 is 0 Å². The number of amides is 1. The number of rotatable bonds is 6. The number of carbonyl (C=O) groups excluding carboxylic acids is 1. The molecule has 0 spiro atoms. The van der Waals surface area contributed by atoms with Gasteiger partial charge >= 0.3 is 0 Å². The Hall–Kier alpha value is -3.60. The Morgan fingerprint density at radius 2 is 1.65 bits per heavy atom. The molecule has 0 N–H and O–H groups in total. The first-order chi connectivity index (χ1) is 16.4. The fraction of sp³-hybridized carbons (Fsp3) is 0.310. The van der Waals surface area contributed by atoms with Crippen LogP contribution in [-0.2, 0) is 11.3 Å². The highest BCUT2D eigenvalue weighted by molar-refractivity contribution is 5.96. The van der Waals surface area contributed by atoms with Crippen LogP contribution in [0.2, 0.25) is 0 Å². The molecular weight excluding hydrogens is 422 g/mol. The number of fused-ring (bicyclic) bond motifs is 1. The molecule has 1 fully saturated rings. The Morgan fingerprint density at radius 3 is 2.41 bits per heavy atom. The predicted octanol–water partition coefficient (Wildman–Crippen LogP) is 5.87. The number of imidazole rings is 1. The molecule has 0 saturated carbocycles. The molecule has 5 heteroatoms. The molecular formula is C29H31N3O2. The lowest BCUT2D eigenvalue weighted by molar-refractivity contribution is -0.117. The van der Waals surface area contributed by atoms with E-state index < -0.39 is 0 Å². The predicted molar refractivity (Wildman–Crippen MR) is 137 cm³/mol. The van der Waals surface area contributed by atoms with Gasteiger partial charge in [0.2, 0.25) is 5.91 Å². The third-order valence-electron chi connectivity index (χ3n) is 7.04. The van der Waals surface area contributed by atoms with E-state index >= 15 is 0 Å². The number of ether oxygens (including phenoxy) is 1. The number of benzene rings is 3. The first kappa shape index (κ1) is 22.2. The minimum Gasteiger partial charge on any atom is -0.492 e. The van der Waals surface area contributed by atoms with Crippen LogP contribution in [0.3, 0.4) is 0 Å². The first-order valence-corrected chi connectivity index (χ1v) is 11.9. The highest BCUT2D eigenvalue weighted by Crippen LogP contribution is 2.34. The number of aryl methyl sites for hydroxylation is 4. The van der Waals surface area contributed by atoms with E-state index in [0.717, 1.165) is 28.3 Å². The second-order valence-electron chi connectivity index (χ2n) is 9.38. The van der Waals surface area contributed by atoms with Crippen LogP contribution in [0.15, 0.2) is 60.7 Å². The van der Waals surface area contributed by atoms with Gasteiger partial charge in [-0.1, -0.05) is 24.3 Å². The van der Waals surface area contributed by atoms with Crippen LogP contribution < -0.4 is 9.64 Å². The number of para-hydroxylation sites is 2. The Bertz CT molecular complexity index is 1370. The van der Waals surface area contributed by atoms with Crippen molar-refractivity contribution in [3.8, 4) is 5.75 Å². The Labute approximate surface area is 201 Å². The minimum atomic E-state index is 0.0446. The summed E-state index contributed by atoms with van der Waals surface area (Å²) in [7, 11) is 0. The van der Waals surface area contributed by atoms with Gasteiger partial charge in [0.15, 0.2) is 0 Å². The Morgan fingerprint density at radius 1 is 0.912 bits per heavy atom.